The van der Waals surface area contributed by atoms with Crippen molar-refractivity contribution in [3.63, 3.8) is 0 Å². The molecule has 34 heavy (non-hydrogen) atoms. The molecule has 0 spiro atoms. The van der Waals surface area contributed by atoms with Gasteiger partial charge in [0.25, 0.3) is 0 Å². The SMILES string of the molecule is C=C(CC)N(C)CCCN(C)Cc1c[nH]c2ncnc(Nc3cc(OC)c(C)c(C(C)C)c3)c12. The van der Waals surface area contributed by atoms with Gasteiger partial charge >= 0.3 is 0 Å². The van der Waals surface area contributed by atoms with Gasteiger partial charge in [-0.2, -0.15) is 0 Å². The molecule has 2 heterocycles. The smallest absolute Gasteiger partial charge is 0.143 e. The number of aromatic nitrogens is 3. The van der Waals surface area contributed by atoms with Gasteiger partial charge in [0.1, 0.15) is 23.5 Å². The summed E-state index contributed by atoms with van der Waals surface area (Å²) in [5, 5.41) is 4.56. The lowest BCUT2D eigenvalue weighted by molar-refractivity contribution is 0.296. The molecule has 1 aromatic carbocycles. The number of nitrogens with zero attached hydrogens (tertiary/aromatic N) is 4. The molecule has 3 rings (SSSR count). The van der Waals surface area contributed by atoms with E-state index in [2.05, 4.69) is 84.5 Å². The second kappa shape index (κ2) is 11.4. The van der Waals surface area contributed by atoms with E-state index in [4.69, 9.17) is 4.74 Å². The molecule has 0 aliphatic carbocycles. The molecule has 184 valence electrons. The van der Waals surface area contributed by atoms with E-state index >= 15 is 0 Å². The van der Waals surface area contributed by atoms with Crippen LogP contribution in [0.5, 0.6) is 5.75 Å². The standard InChI is InChI=1S/C27H40N6O/c1-9-19(4)33(7)12-10-11-32(6)16-21-15-28-26-25(21)27(30-17-29-26)31-22-13-23(18(2)3)20(5)24(14-22)34-8/h13-15,17-18H,4,9-12,16H2,1-3,5-8H3,(H2,28,29,30,31). The number of hydrogen-bond donors (Lipinski definition) is 2. The van der Waals surface area contributed by atoms with Gasteiger partial charge in [0, 0.05) is 43.8 Å². The van der Waals surface area contributed by atoms with Crippen LogP contribution >= 0.6 is 0 Å². The number of hydrogen-bond acceptors (Lipinski definition) is 6. The topological polar surface area (TPSA) is 69.3 Å². The maximum absolute atomic E-state index is 5.64. The number of benzene rings is 1. The van der Waals surface area contributed by atoms with Crippen molar-refractivity contribution in [2.45, 2.75) is 53.0 Å². The van der Waals surface area contributed by atoms with Gasteiger partial charge in [-0.05, 0) is 62.0 Å². The predicted octanol–water partition coefficient (Wildman–Crippen LogP) is 5.82. The molecule has 3 aromatic rings. The van der Waals surface area contributed by atoms with E-state index in [9.17, 15) is 0 Å². The maximum atomic E-state index is 5.64. The minimum absolute atomic E-state index is 0.395. The van der Waals surface area contributed by atoms with Gasteiger partial charge in [-0.3, -0.25) is 0 Å². The van der Waals surface area contributed by atoms with Crippen molar-refractivity contribution < 1.29 is 4.74 Å². The Hall–Kier alpha value is -3.06. The lowest BCUT2D eigenvalue weighted by Crippen LogP contribution is -2.24. The molecular weight excluding hydrogens is 424 g/mol. The molecule has 0 radical (unpaired) electrons. The first kappa shape index (κ1) is 25.6. The number of rotatable bonds is 12. The monoisotopic (exact) mass is 464 g/mol. The fourth-order valence-electron chi connectivity index (χ4n) is 4.35. The lowest BCUT2D eigenvalue weighted by atomic mass is 9.96. The average Bonchev–Trinajstić information content (AvgIpc) is 3.22. The first-order valence-corrected chi connectivity index (χ1v) is 12.1. The molecule has 7 heteroatoms. The summed E-state index contributed by atoms with van der Waals surface area (Å²) < 4.78 is 5.64. The van der Waals surface area contributed by atoms with Crippen LogP contribution in [0, 0.1) is 6.92 Å². The van der Waals surface area contributed by atoms with Crippen LogP contribution in [0.25, 0.3) is 11.0 Å². The number of fused-ring (bicyclic) bond motifs is 1. The summed E-state index contributed by atoms with van der Waals surface area (Å²) in [6.45, 7) is 15.6. The van der Waals surface area contributed by atoms with Crippen LogP contribution in [0.1, 0.15) is 56.2 Å². The van der Waals surface area contributed by atoms with E-state index in [-0.39, 0.29) is 0 Å². The number of ether oxygens (including phenoxy) is 1. The van der Waals surface area contributed by atoms with Crippen LogP contribution < -0.4 is 10.1 Å². The highest BCUT2D eigenvalue weighted by molar-refractivity contribution is 5.92. The summed E-state index contributed by atoms with van der Waals surface area (Å²) in [5.74, 6) is 2.07. The van der Waals surface area contributed by atoms with Crippen molar-refractivity contribution in [2.75, 3.05) is 39.6 Å². The molecule has 7 nitrogen and oxygen atoms in total. The first-order chi connectivity index (χ1) is 16.2. The summed E-state index contributed by atoms with van der Waals surface area (Å²) in [7, 11) is 5.99. The van der Waals surface area contributed by atoms with Crippen LogP contribution in [-0.4, -0.2) is 59.0 Å². The Kier molecular flexibility index (Phi) is 8.56. The highest BCUT2D eigenvalue weighted by Gasteiger charge is 2.16. The minimum Gasteiger partial charge on any atom is -0.496 e. The molecule has 0 bridgehead atoms. The quantitative estimate of drug-likeness (QED) is 0.352. The number of allylic oxidation sites excluding steroid dienone is 1. The Morgan fingerprint density at radius 2 is 1.97 bits per heavy atom. The van der Waals surface area contributed by atoms with Gasteiger partial charge < -0.3 is 24.8 Å². The minimum atomic E-state index is 0.395. The molecule has 0 fully saturated rings. The number of anilines is 2. The van der Waals surface area contributed by atoms with Crippen LogP contribution in [0.2, 0.25) is 0 Å². The largest absolute Gasteiger partial charge is 0.496 e. The Labute approximate surface area is 204 Å². The molecule has 0 saturated heterocycles. The summed E-state index contributed by atoms with van der Waals surface area (Å²) in [5.41, 5.74) is 6.59. The van der Waals surface area contributed by atoms with Crippen LogP contribution in [0.4, 0.5) is 11.5 Å². The summed E-state index contributed by atoms with van der Waals surface area (Å²) in [6, 6.07) is 4.23. The van der Waals surface area contributed by atoms with Crippen LogP contribution in [0.3, 0.4) is 0 Å². The summed E-state index contributed by atoms with van der Waals surface area (Å²) in [6.07, 6.45) is 5.71. The fourth-order valence-corrected chi connectivity index (χ4v) is 4.35. The van der Waals surface area contributed by atoms with Gasteiger partial charge in [0.15, 0.2) is 0 Å². The number of methoxy groups -OCH3 is 1. The third-order valence-electron chi connectivity index (χ3n) is 6.48. The Balaban J connectivity index is 1.79. The maximum Gasteiger partial charge on any atom is 0.143 e. The van der Waals surface area contributed by atoms with E-state index in [1.54, 1.807) is 13.4 Å². The highest BCUT2D eigenvalue weighted by atomic mass is 16.5. The molecular formula is C27H40N6O. The van der Waals surface area contributed by atoms with Crippen molar-refractivity contribution in [2.24, 2.45) is 0 Å². The van der Waals surface area contributed by atoms with Crippen molar-refractivity contribution in [3.8, 4) is 5.75 Å². The second-order valence-electron chi connectivity index (χ2n) is 9.36. The molecule has 0 aliphatic heterocycles. The van der Waals surface area contributed by atoms with Crippen LogP contribution in [-0.2, 0) is 6.54 Å². The third kappa shape index (κ3) is 5.89. The second-order valence-corrected chi connectivity index (χ2v) is 9.36. The van der Waals surface area contributed by atoms with Crippen molar-refractivity contribution in [1.29, 1.82) is 0 Å². The van der Waals surface area contributed by atoms with Crippen molar-refractivity contribution in [3.05, 3.63) is 53.6 Å². The average molecular weight is 465 g/mol. The van der Waals surface area contributed by atoms with Crippen molar-refractivity contribution in [1.82, 2.24) is 24.8 Å². The van der Waals surface area contributed by atoms with E-state index in [1.165, 1.54) is 22.4 Å². The van der Waals surface area contributed by atoms with E-state index in [0.717, 1.165) is 60.8 Å². The first-order valence-electron chi connectivity index (χ1n) is 12.1. The predicted molar refractivity (Wildman–Crippen MR) is 142 cm³/mol. The summed E-state index contributed by atoms with van der Waals surface area (Å²) >= 11 is 0. The van der Waals surface area contributed by atoms with Gasteiger partial charge in [-0.1, -0.05) is 27.4 Å². The zero-order chi connectivity index (χ0) is 24.8. The lowest BCUT2D eigenvalue weighted by Gasteiger charge is -2.23. The number of aromatic amines is 1. The number of nitrogens with one attached hydrogen (secondary N) is 2. The van der Waals surface area contributed by atoms with Crippen LogP contribution in [0.15, 0.2) is 36.9 Å². The zero-order valence-corrected chi connectivity index (χ0v) is 21.8. The van der Waals surface area contributed by atoms with Gasteiger partial charge in [0.2, 0.25) is 0 Å². The van der Waals surface area contributed by atoms with E-state index < -0.39 is 0 Å². The Morgan fingerprint density at radius 1 is 1.21 bits per heavy atom. The third-order valence-corrected chi connectivity index (χ3v) is 6.48. The molecule has 2 aromatic heterocycles. The Bertz CT molecular complexity index is 1120. The van der Waals surface area contributed by atoms with Gasteiger partial charge in [0.05, 0.1) is 12.5 Å². The Morgan fingerprint density at radius 3 is 2.65 bits per heavy atom. The molecule has 0 saturated carbocycles. The normalized spacial score (nSPS) is 11.4. The molecule has 0 unspecified atom stereocenters. The summed E-state index contributed by atoms with van der Waals surface area (Å²) in [4.78, 5) is 16.9. The number of H-pyrrole nitrogens is 1. The molecule has 2 N–H and O–H groups in total. The highest BCUT2D eigenvalue weighted by Crippen LogP contribution is 2.34. The van der Waals surface area contributed by atoms with Gasteiger partial charge in [-0.15, -0.1) is 0 Å². The van der Waals surface area contributed by atoms with E-state index in [0.29, 0.717) is 5.92 Å². The van der Waals surface area contributed by atoms with E-state index in [1.807, 2.05) is 12.3 Å². The fraction of sp³-hybridized carbons (Fsp3) is 0.481. The molecule has 0 atom stereocenters. The molecule has 0 amide bonds. The van der Waals surface area contributed by atoms with Crippen molar-refractivity contribution >= 4 is 22.5 Å². The van der Waals surface area contributed by atoms with Gasteiger partial charge in [-0.25, -0.2) is 9.97 Å². The molecule has 0 aliphatic rings. The zero-order valence-electron chi connectivity index (χ0n) is 21.8.